The van der Waals surface area contributed by atoms with E-state index < -0.39 is 0 Å². The summed E-state index contributed by atoms with van der Waals surface area (Å²) in [6, 6.07) is 8.19. The third kappa shape index (κ3) is 4.28. The van der Waals surface area contributed by atoms with Gasteiger partial charge in [-0.25, -0.2) is 0 Å². The summed E-state index contributed by atoms with van der Waals surface area (Å²) in [5, 5.41) is 0. The molecule has 1 nitrogen and oxygen atoms in total. The minimum absolute atomic E-state index is 0.378. The maximum atomic E-state index is 11.0. The van der Waals surface area contributed by atoms with Crippen LogP contribution in [0.2, 0.25) is 0 Å². The van der Waals surface area contributed by atoms with Crippen LogP contribution in [0, 0.1) is 0 Å². The molecule has 0 amide bonds. The second-order valence-corrected chi connectivity index (χ2v) is 2.98. The Kier molecular flexibility index (Phi) is 7.61. The molecule has 0 unspecified atom stereocenters. The fraction of sp³-hybridized carbons (Fsp3) is 0.500. The SMILES string of the molecule is CC.CC.O=C1CCc2ccccc2C1. The molecule has 0 saturated carbocycles. The van der Waals surface area contributed by atoms with Crippen molar-refractivity contribution >= 4 is 5.78 Å². The van der Waals surface area contributed by atoms with Crippen molar-refractivity contribution in [2.24, 2.45) is 0 Å². The molecule has 0 radical (unpaired) electrons. The van der Waals surface area contributed by atoms with Crippen molar-refractivity contribution in [2.45, 2.75) is 47.0 Å². The van der Waals surface area contributed by atoms with Gasteiger partial charge in [-0.1, -0.05) is 52.0 Å². The van der Waals surface area contributed by atoms with Crippen molar-refractivity contribution in [3.8, 4) is 0 Å². The molecule has 84 valence electrons. The Hall–Kier alpha value is -1.11. The second-order valence-electron chi connectivity index (χ2n) is 2.98. The van der Waals surface area contributed by atoms with E-state index in [-0.39, 0.29) is 0 Å². The van der Waals surface area contributed by atoms with Gasteiger partial charge in [-0.05, 0) is 17.5 Å². The highest BCUT2D eigenvalue weighted by molar-refractivity contribution is 5.83. The van der Waals surface area contributed by atoms with Crippen LogP contribution in [0.3, 0.4) is 0 Å². The lowest BCUT2D eigenvalue weighted by atomic mass is 9.91. The Labute approximate surface area is 93.5 Å². The first-order chi connectivity index (χ1) is 7.36. The van der Waals surface area contributed by atoms with Gasteiger partial charge in [-0.15, -0.1) is 0 Å². The second kappa shape index (κ2) is 8.22. The van der Waals surface area contributed by atoms with E-state index in [1.54, 1.807) is 0 Å². The number of rotatable bonds is 0. The summed E-state index contributed by atoms with van der Waals surface area (Å²) >= 11 is 0. The Morgan fingerprint density at radius 3 is 2.00 bits per heavy atom. The van der Waals surface area contributed by atoms with Gasteiger partial charge in [0.1, 0.15) is 5.78 Å². The molecule has 0 fully saturated rings. The van der Waals surface area contributed by atoms with E-state index in [0.29, 0.717) is 12.2 Å². The molecule has 0 bridgehead atoms. The summed E-state index contributed by atoms with van der Waals surface area (Å²) < 4.78 is 0. The summed E-state index contributed by atoms with van der Waals surface area (Å²) in [5.74, 6) is 0.378. The number of Topliss-reactive ketones (excluding diaryl/α,β-unsaturated/α-hetero) is 1. The molecule has 2 rings (SSSR count). The number of carbonyl (C=O) groups excluding carboxylic acids is 1. The average Bonchev–Trinajstić information content (AvgIpc) is 2.34. The van der Waals surface area contributed by atoms with Crippen LogP contribution in [-0.2, 0) is 17.6 Å². The summed E-state index contributed by atoms with van der Waals surface area (Å²) in [6.07, 6.45) is 2.32. The lowest BCUT2D eigenvalue weighted by molar-refractivity contribution is -0.118. The minimum atomic E-state index is 0.378. The molecule has 0 aromatic heterocycles. The standard InChI is InChI=1S/C10H10O.2C2H6/c11-10-6-5-8-3-1-2-4-9(8)7-10;2*1-2/h1-4H,5-7H2;2*1-2H3. The molecule has 1 heteroatoms. The van der Waals surface area contributed by atoms with E-state index in [0.717, 1.165) is 12.8 Å². The Balaban J connectivity index is 0.000000442. The van der Waals surface area contributed by atoms with Gasteiger partial charge < -0.3 is 0 Å². The van der Waals surface area contributed by atoms with Gasteiger partial charge in [-0.2, -0.15) is 0 Å². The quantitative estimate of drug-likeness (QED) is 0.631. The van der Waals surface area contributed by atoms with Crippen molar-refractivity contribution in [3.63, 3.8) is 0 Å². The lowest BCUT2D eigenvalue weighted by Crippen LogP contribution is -2.12. The molecule has 0 spiro atoms. The number of fused-ring (bicyclic) bond motifs is 1. The normalized spacial score (nSPS) is 12.7. The van der Waals surface area contributed by atoms with Crippen LogP contribution in [0.5, 0.6) is 0 Å². The highest BCUT2D eigenvalue weighted by Crippen LogP contribution is 2.17. The Morgan fingerprint density at radius 1 is 0.867 bits per heavy atom. The molecule has 1 aliphatic carbocycles. The summed E-state index contributed by atoms with van der Waals surface area (Å²) in [7, 11) is 0. The van der Waals surface area contributed by atoms with E-state index in [2.05, 4.69) is 6.07 Å². The monoisotopic (exact) mass is 206 g/mol. The zero-order chi connectivity index (χ0) is 11.7. The molecule has 1 aromatic carbocycles. The molecular formula is C14H22O. The van der Waals surface area contributed by atoms with E-state index in [1.165, 1.54) is 11.1 Å². The van der Waals surface area contributed by atoms with Crippen molar-refractivity contribution in [1.29, 1.82) is 0 Å². The largest absolute Gasteiger partial charge is 0.299 e. The van der Waals surface area contributed by atoms with Crippen LogP contribution in [-0.4, -0.2) is 5.78 Å². The number of carbonyl (C=O) groups is 1. The van der Waals surface area contributed by atoms with E-state index >= 15 is 0 Å². The van der Waals surface area contributed by atoms with Crippen LogP contribution in [0.4, 0.5) is 0 Å². The number of ketones is 1. The number of hydrogen-bond acceptors (Lipinski definition) is 1. The van der Waals surface area contributed by atoms with E-state index in [4.69, 9.17) is 0 Å². The highest BCUT2D eigenvalue weighted by Gasteiger charge is 2.13. The predicted octanol–water partition coefficient (Wildman–Crippen LogP) is 3.80. The van der Waals surface area contributed by atoms with Crippen molar-refractivity contribution < 1.29 is 4.79 Å². The summed E-state index contributed by atoms with van der Waals surface area (Å²) in [5.41, 5.74) is 2.58. The van der Waals surface area contributed by atoms with Crippen LogP contribution >= 0.6 is 0 Å². The first-order valence-electron chi connectivity index (χ1n) is 5.95. The maximum absolute atomic E-state index is 11.0. The zero-order valence-electron chi connectivity index (χ0n) is 10.3. The van der Waals surface area contributed by atoms with E-state index in [1.807, 2.05) is 45.9 Å². The fourth-order valence-corrected chi connectivity index (χ4v) is 1.55. The average molecular weight is 206 g/mol. The molecule has 15 heavy (non-hydrogen) atoms. The molecule has 1 aliphatic rings. The fourth-order valence-electron chi connectivity index (χ4n) is 1.55. The van der Waals surface area contributed by atoms with Gasteiger partial charge in [0, 0.05) is 12.8 Å². The van der Waals surface area contributed by atoms with Crippen LogP contribution < -0.4 is 0 Å². The number of benzene rings is 1. The number of hydrogen-bond donors (Lipinski definition) is 0. The van der Waals surface area contributed by atoms with Crippen LogP contribution in [0.25, 0.3) is 0 Å². The van der Waals surface area contributed by atoms with Crippen molar-refractivity contribution in [1.82, 2.24) is 0 Å². The molecule has 0 N–H and O–H groups in total. The molecule has 0 heterocycles. The van der Waals surface area contributed by atoms with Crippen molar-refractivity contribution in [3.05, 3.63) is 35.4 Å². The lowest BCUT2D eigenvalue weighted by Gasteiger charge is -2.13. The third-order valence-electron chi connectivity index (χ3n) is 2.18. The maximum Gasteiger partial charge on any atom is 0.137 e. The predicted molar refractivity (Wildman–Crippen MR) is 66.2 cm³/mol. The van der Waals surface area contributed by atoms with Gasteiger partial charge in [0.05, 0.1) is 0 Å². The summed E-state index contributed by atoms with van der Waals surface area (Å²) in [6.45, 7) is 8.00. The van der Waals surface area contributed by atoms with Gasteiger partial charge in [0.25, 0.3) is 0 Å². The zero-order valence-corrected chi connectivity index (χ0v) is 10.3. The minimum Gasteiger partial charge on any atom is -0.299 e. The van der Waals surface area contributed by atoms with Gasteiger partial charge in [0.15, 0.2) is 0 Å². The molecular weight excluding hydrogens is 184 g/mol. The van der Waals surface area contributed by atoms with E-state index in [9.17, 15) is 4.79 Å². The molecule has 0 saturated heterocycles. The third-order valence-corrected chi connectivity index (χ3v) is 2.18. The highest BCUT2D eigenvalue weighted by atomic mass is 16.1. The summed E-state index contributed by atoms with van der Waals surface area (Å²) in [4.78, 5) is 11.0. The first kappa shape index (κ1) is 13.9. The van der Waals surface area contributed by atoms with Gasteiger partial charge in [-0.3, -0.25) is 4.79 Å². The molecule has 1 aromatic rings. The van der Waals surface area contributed by atoms with Crippen LogP contribution in [0.1, 0.15) is 45.2 Å². The topological polar surface area (TPSA) is 17.1 Å². The van der Waals surface area contributed by atoms with Gasteiger partial charge >= 0.3 is 0 Å². The van der Waals surface area contributed by atoms with Crippen molar-refractivity contribution in [2.75, 3.05) is 0 Å². The molecule has 0 atom stereocenters. The Bertz CT molecular complexity index is 289. The molecule has 0 aliphatic heterocycles. The first-order valence-corrected chi connectivity index (χ1v) is 5.95. The smallest absolute Gasteiger partial charge is 0.137 e. The number of aryl methyl sites for hydroxylation is 1. The van der Waals surface area contributed by atoms with Gasteiger partial charge in [0.2, 0.25) is 0 Å². The Morgan fingerprint density at radius 2 is 1.40 bits per heavy atom. The van der Waals surface area contributed by atoms with Crippen LogP contribution in [0.15, 0.2) is 24.3 Å².